The molecule has 2 aliphatic heterocycles. The Kier molecular flexibility index (Phi) is 2.52. The van der Waals surface area contributed by atoms with Crippen molar-refractivity contribution in [3.05, 3.63) is 28.2 Å². The van der Waals surface area contributed by atoms with Gasteiger partial charge in [0.15, 0.2) is 5.78 Å². The van der Waals surface area contributed by atoms with Crippen LogP contribution in [0.4, 0.5) is 0 Å². The molecule has 3 nitrogen and oxygen atoms in total. The van der Waals surface area contributed by atoms with Gasteiger partial charge in [-0.1, -0.05) is 15.9 Å². The Morgan fingerprint density at radius 2 is 2.29 bits per heavy atom. The van der Waals surface area contributed by atoms with E-state index in [1.54, 1.807) is 0 Å². The SMILES string of the molecule is CC1OCCC12CC(=O)c1cc(Br)ccc1O2. The predicted molar refractivity (Wildman–Crippen MR) is 66.5 cm³/mol. The molecule has 0 aromatic heterocycles. The highest BCUT2D eigenvalue weighted by atomic mass is 79.9. The average molecular weight is 297 g/mol. The van der Waals surface area contributed by atoms with Gasteiger partial charge < -0.3 is 9.47 Å². The third-order valence-electron chi connectivity index (χ3n) is 3.65. The summed E-state index contributed by atoms with van der Waals surface area (Å²) in [6.07, 6.45) is 1.18. The van der Waals surface area contributed by atoms with Crippen LogP contribution >= 0.6 is 15.9 Å². The summed E-state index contributed by atoms with van der Waals surface area (Å²) in [5.74, 6) is 0.826. The summed E-state index contributed by atoms with van der Waals surface area (Å²) in [5.41, 5.74) is 0.224. The smallest absolute Gasteiger partial charge is 0.170 e. The first kappa shape index (κ1) is 11.2. The van der Waals surface area contributed by atoms with Crippen molar-refractivity contribution in [2.75, 3.05) is 6.61 Å². The fraction of sp³-hybridized carbons (Fsp3) is 0.462. The van der Waals surface area contributed by atoms with Crippen LogP contribution in [0.5, 0.6) is 5.75 Å². The first-order valence-corrected chi connectivity index (χ1v) is 6.53. The van der Waals surface area contributed by atoms with Crippen LogP contribution in [0.3, 0.4) is 0 Å². The van der Waals surface area contributed by atoms with Crippen LogP contribution in [0.15, 0.2) is 22.7 Å². The zero-order valence-corrected chi connectivity index (χ0v) is 11.1. The summed E-state index contributed by atoms with van der Waals surface area (Å²) in [5, 5.41) is 0. The quantitative estimate of drug-likeness (QED) is 0.738. The number of halogens is 1. The fourth-order valence-electron chi connectivity index (χ4n) is 2.56. The average Bonchev–Trinajstić information content (AvgIpc) is 2.62. The molecule has 3 rings (SSSR count). The van der Waals surface area contributed by atoms with Gasteiger partial charge in [-0.15, -0.1) is 0 Å². The van der Waals surface area contributed by atoms with Gasteiger partial charge in [0.1, 0.15) is 11.4 Å². The summed E-state index contributed by atoms with van der Waals surface area (Å²) in [6, 6.07) is 5.57. The lowest BCUT2D eigenvalue weighted by molar-refractivity contribution is -0.0160. The number of hydrogen-bond donors (Lipinski definition) is 0. The Morgan fingerprint density at radius 3 is 3.00 bits per heavy atom. The lowest BCUT2D eigenvalue weighted by atomic mass is 9.85. The Labute approximate surface area is 108 Å². The van der Waals surface area contributed by atoms with Crippen molar-refractivity contribution in [2.45, 2.75) is 31.5 Å². The second-order valence-electron chi connectivity index (χ2n) is 4.67. The second kappa shape index (κ2) is 3.82. The molecule has 0 bridgehead atoms. The highest BCUT2D eigenvalue weighted by molar-refractivity contribution is 9.10. The van der Waals surface area contributed by atoms with Gasteiger partial charge in [0.05, 0.1) is 24.7 Å². The first-order chi connectivity index (χ1) is 8.11. The number of Topliss-reactive ketones (excluding diaryl/α,β-unsaturated/α-hetero) is 1. The lowest BCUT2D eigenvalue weighted by Crippen LogP contribution is -2.47. The van der Waals surface area contributed by atoms with Crippen molar-refractivity contribution in [1.29, 1.82) is 0 Å². The molecule has 0 radical (unpaired) electrons. The predicted octanol–water partition coefficient (Wildman–Crippen LogP) is 2.96. The zero-order chi connectivity index (χ0) is 12.0. The van der Waals surface area contributed by atoms with E-state index in [1.807, 2.05) is 25.1 Å². The summed E-state index contributed by atoms with van der Waals surface area (Å²) < 4.78 is 12.5. The largest absolute Gasteiger partial charge is 0.483 e. The van der Waals surface area contributed by atoms with E-state index in [2.05, 4.69) is 15.9 Å². The normalized spacial score (nSPS) is 31.4. The van der Waals surface area contributed by atoms with Crippen molar-refractivity contribution in [3.8, 4) is 5.75 Å². The van der Waals surface area contributed by atoms with Gasteiger partial charge in [0.2, 0.25) is 0 Å². The van der Waals surface area contributed by atoms with Crippen LogP contribution in [0.1, 0.15) is 30.1 Å². The van der Waals surface area contributed by atoms with Gasteiger partial charge in [-0.25, -0.2) is 0 Å². The molecule has 2 atom stereocenters. The van der Waals surface area contributed by atoms with E-state index < -0.39 is 5.60 Å². The molecule has 4 heteroatoms. The van der Waals surface area contributed by atoms with Gasteiger partial charge in [-0.3, -0.25) is 4.79 Å². The van der Waals surface area contributed by atoms with Crippen LogP contribution in [0.25, 0.3) is 0 Å². The lowest BCUT2D eigenvalue weighted by Gasteiger charge is -2.36. The van der Waals surface area contributed by atoms with Crippen LogP contribution in [-0.2, 0) is 4.74 Å². The number of carbonyl (C=O) groups is 1. The van der Waals surface area contributed by atoms with Gasteiger partial charge in [0.25, 0.3) is 0 Å². The van der Waals surface area contributed by atoms with Crippen LogP contribution in [0, 0.1) is 0 Å². The van der Waals surface area contributed by atoms with E-state index >= 15 is 0 Å². The monoisotopic (exact) mass is 296 g/mol. The maximum Gasteiger partial charge on any atom is 0.170 e. The molecule has 17 heavy (non-hydrogen) atoms. The fourth-order valence-corrected chi connectivity index (χ4v) is 2.92. The van der Waals surface area contributed by atoms with Crippen molar-refractivity contribution in [1.82, 2.24) is 0 Å². The summed E-state index contributed by atoms with van der Waals surface area (Å²) in [7, 11) is 0. The molecule has 1 spiro atoms. The van der Waals surface area contributed by atoms with Gasteiger partial charge in [-0.2, -0.15) is 0 Å². The minimum atomic E-state index is -0.447. The third-order valence-corrected chi connectivity index (χ3v) is 4.14. The highest BCUT2D eigenvalue weighted by Gasteiger charge is 2.48. The van der Waals surface area contributed by atoms with Gasteiger partial charge in [0, 0.05) is 10.9 Å². The minimum Gasteiger partial charge on any atom is -0.483 e. The number of hydrogen-bond acceptors (Lipinski definition) is 3. The molecule has 0 amide bonds. The van der Waals surface area contributed by atoms with Crippen molar-refractivity contribution in [3.63, 3.8) is 0 Å². The molecule has 1 fully saturated rings. The molecular weight excluding hydrogens is 284 g/mol. The van der Waals surface area contributed by atoms with E-state index in [1.165, 1.54) is 0 Å². The Balaban J connectivity index is 2.04. The maximum atomic E-state index is 12.2. The minimum absolute atomic E-state index is 0.0248. The molecule has 1 saturated heterocycles. The van der Waals surface area contributed by atoms with E-state index in [0.29, 0.717) is 24.3 Å². The number of fused-ring (bicyclic) bond motifs is 1. The molecule has 2 heterocycles. The third kappa shape index (κ3) is 1.70. The van der Waals surface area contributed by atoms with E-state index in [0.717, 1.165) is 10.9 Å². The number of ether oxygens (including phenoxy) is 2. The maximum absolute atomic E-state index is 12.2. The van der Waals surface area contributed by atoms with E-state index in [-0.39, 0.29) is 11.9 Å². The molecule has 90 valence electrons. The van der Waals surface area contributed by atoms with Crippen molar-refractivity contribution < 1.29 is 14.3 Å². The number of rotatable bonds is 0. The van der Waals surface area contributed by atoms with Gasteiger partial charge in [-0.05, 0) is 25.1 Å². The second-order valence-corrected chi connectivity index (χ2v) is 5.59. The van der Waals surface area contributed by atoms with E-state index in [4.69, 9.17) is 9.47 Å². The molecule has 1 aromatic carbocycles. The Hall–Kier alpha value is -0.870. The summed E-state index contributed by atoms with van der Waals surface area (Å²) >= 11 is 3.37. The Morgan fingerprint density at radius 1 is 1.47 bits per heavy atom. The van der Waals surface area contributed by atoms with Crippen LogP contribution in [-0.4, -0.2) is 24.1 Å². The molecular formula is C13H13BrO3. The number of carbonyl (C=O) groups excluding carboxylic acids is 1. The molecule has 0 aliphatic carbocycles. The molecule has 2 unspecified atom stereocenters. The van der Waals surface area contributed by atoms with Crippen molar-refractivity contribution in [2.24, 2.45) is 0 Å². The topological polar surface area (TPSA) is 35.5 Å². The molecule has 0 N–H and O–H groups in total. The molecule has 1 aromatic rings. The summed E-state index contributed by atoms with van der Waals surface area (Å²) in [4.78, 5) is 12.2. The van der Waals surface area contributed by atoms with Crippen LogP contribution in [0.2, 0.25) is 0 Å². The van der Waals surface area contributed by atoms with Crippen molar-refractivity contribution >= 4 is 21.7 Å². The van der Waals surface area contributed by atoms with Crippen LogP contribution < -0.4 is 4.74 Å². The molecule has 0 saturated carbocycles. The Bertz CT molecular complexity index is 486. The first-order valence-electron chi connectivity index (χ1n) is 5.74. The van der Waals surface area contributed by atoms with Gasteiger partial charge >= 0.3 is 0 Å². The number of ketones is 1. The zero-order valence-electron chi connectivity index (χ0n) is 9.53. The number of benzene rings is 1. The summed E-state index contributed by atoms with van der Waals surface area (Å²) in [6.45, 7) is 2.64. The highest BCUT2D eigenvalue weighted by Crippen LogP contribution is 2.41. The standard InChI is InChI=1S/C13H13BrO3/c1-8-13(4-5-16-8)7-11(15)10-6-9(14)2-3-12(10)17-13/h2-3,6,8H,4-5,7H2,1H3. The van der Waals surface area contributed by atoms with E-state index in [9.17, 15) is 4.79 Å². The molecule has 2 aliphatic rings.